The largest absolute Gasteiger partial charge is 0.379 e. The number of hydrogen-bond acceptors (Lipinski definition) is 6. The lowest BCUT2D eigenvalue weighted by Crippen LogP contribution is -2.39. The van der Waals surface area contributed by atoms with Gasteiger partial charge in [0.2, 0.25) is 0 Å². The molecule has 3 heterocycles. The van der Waals surface area contributed by atoms with E-state index in [4.69, 9.17) is 4.74 Å². The fourth-order valence-corrected chi connectivity index (χ4v) is 5.81. The molecular weight excluding hydrogens is 434 g/mol. The second-order valence-electron chi connectivity index (χ2n) is 8.40. The third kappa shape index (κ3) is 4.34. The Kier molecular flexibility index (Phi) is 6.32. The molecule has 6 nitrogen and oxygen atoms in total. The molecule has 1 atom stereocenters. The van der Waals surface area contributed by atoms with Gasteiger partial charge in [-0.2, -0.15) is 0 Å². The number of nitrogens with one attached hydrogen (secondary N) is 1. The smallest absolute Gasteiger partial charge is 0.262 e. The number of rotatable bonds is 6. The summed E-state index contributed by atoms with van der Waals surface area (Å²) < 4.78 is 34.9. The van der Waals surface area contributed by atoms with E-state index in [0.29, 0.717) is 6.54 Å². The summed E-state index contributed by atoms with van der Waals surface area (Å²) in [6.45, 7) is 4.83. The van der Waals surface area contributed by atoms with Gasteiger partial charge < -0.3 is 10.1 Å². The van der Waals surface area contributed by atoms with Crippen LogP contribution in [-0.4, -0.2) is 53.3 Å². The number of morpholine rings is 1. The topological polar surface area (TPSA) is 59.4 Å². The number of nitrogens with zero attached hydrogens (tertiary/aromatic N) is 3. The SMILES string of the molecule is O=c1c2c3c(sc2ncn1CCN1CCOCC1)CC(NCc1c(F)cccc1F)CC3. The number of ether oxygens (including phenoxy) is 1. The van der Waals surface area contributed by atoms with Gasteiger partial charge in [0.1, 0.15) is 16.5 Å². The lowest BCUT2D eigenvalue weighted by atomic mass is 9.93. The first kappa shape index (κ1) is 21.6. The predicted molar refractivity (Wildman–Crippen MR) is 120 cm³/mol. The van der Waals surface area contributed by atoms with Gasteiger partial charge in [0.15, 0.2) is 0 Å². The molecule has 2 aliphatic rings. The predicted octanol–water partition coefficient (Wildman–Crippen LogP) is 2.72. The lowest BCUT2D eigenvalue weighted by Gasteiger charge is -2.26. The van der Waals surface area contributed by atoms with Crippen LogP contribution in [0, 0.1) is 11.6 Å². The average molecular weight is 461 g/mol. The van der Waals surface area contributed by atoms with Crippen molar-refractivity contribution in [2.24, 2.45) is 0 Å². The van der Waals surface area contributed by atoms with Crippen molar-refractivity contribution in [3.8, 4) is 0 Å². The first-order valence-electron chi connectivity index (χ1n) is 11.1. The van der Waals surface area contributed by atoms with Gasteiger partial charge in [-0.05, 0) is 37.0 Å². The Morgan fingerprint density at radius 2 is 1.97 bits per heavy atom. The molecular formula is C23H26F2N4O2S. The fraction of sp³-hybridized carbons (Fsp3) is 0.478. The number of thiophene rings is 1. The number of aromatic nitrogens is 2. The standard InChI is InChI=1S/C23H26F2N4O2S/c24-18-2-1-3-19(25)17(18)13-26-15-4-5-16-20(12-15)32-22-21(16)23(30)29(14-27-22)7-6-28-8-10-31-11-9-28/h1-3,14-15,26H,4-13H2. The average Bonchev–Trinajstić information content (AvgIpc) is 3.17. The summed E-state index contributed by atoms with van der Waals surface area (Å²) >= 11 is 1.56. The van der Waals surface area contributed by atoms with Gasteiger partial charge in [-0.25, -0.2) is 13.8 Å². The molecule has 2 aromatic heterocycles. The molecule has 1 N–H and O–H groups in total. The van der Waals surface area contributed by atoms with Crippen molar-refractivity contribution >= 4 is 21.6 Å². The van der Waals surface area contributed by atoms with Gasteiger partial charge in [0.25, 0.3) is 5.56 Å². The van der Waals surface area contributed by atoms with Crippen molar-refractivity contribution in [2.45, 2.75) is 38.4 Å². The van der Waals surface area contributed by atoms with E-state index in [1.807, 2.05) is 0 Å². The van der Waals surface area contributed by atoms with E-state index in [9.17, 15) is 13.6 Å². The summed E-state index contributed by atoms with van der Waals surface area (Å²) in [6.07, 6.45) is 3.97. The zero-order valence-electron chi connectivity index (χ0n) is 17.8. The molecule has 0 spiro atoms. The molecule has 5 rings (SSSR count). The third-order valence-corrected chi connectivity index (χ3v) is 7.59. The normalized spacial score (nSPS) is 19.4. The Labute approximate surface area is 188 Å². The van der Waals surface area contributed by atoms with E-state index in [1.54, 1.807) is 22.2 Å². The Balaban J connectivity index is 1.29. The van der Waals surface area contributed by atoms with Crippen molar-refractivity contribution < 1.29 is 13.5 Å². The zero-order chi connectivity index (χ0) is 22.1. The molecule has 1 fully saturated rings. The maximum atomic E-state index is 13.9. The highest BCUT2D eigenvalue weighted by atomic mass is 32.1. The molecule has 1 aromatic carbocycles. The van der Waals surface area contributed by atoms with Crippen LogP contribution in [0.1, 0.15) is 22.4 Å². The molecule has 9 heteroatoms. The molecule has 32 heavy (non-hydrogen) atoms. The highest BCUT2D eigenvalue weighted by Crippen LogP contribution is 2.33. The van der Waals surface area contributed by atoms with Gasteiger partial charge in [-0.1, -0.05) is 6.07 Å². The molecule has 170 valence electrons. The van der Waals surface area contributed by atoms with E-state index in [0.717, 1.165) is 72.8 Å². The lowest BCUT2D eigenvalue weighted by molar-refractivity contribution is 0.0362. The van der Waals surface area contributed by atoms with E-state index >= 15 is 0 Å². The van der Waals surface area contributed by atoms with Crippen LogP contribution in [0.5, 0.6) is 0 Å². The Morgan fingerprint density at radius 1 is 1.19 bits per heavy atom. The summed E-state index contributed by atoms with van der Waals surface area (Å²) in [6, 6.07) is 4.04. The zero-order valence-corrected chi connectivity index (χ0v) is 18.6. The second-order valence-corrected chi connectivity index (χ2v) is 9.49. The molecule has 1 aliphatic heterocycles. The molecule has 1 saturated heterocycles. The van der Waals surface area contributed by atoms with Gasteiger partial charge in [0, 0.05) is 49.2 Å². The van der Waals surface area contributed by atoms with Crippen LogP contribution in [0.4, 0.5) is 8.78 Å². The maximum absolute atomic E-state index is 13.9. The molecule has 0 amide bonds. The highest BCUT2D eigenvalue weighted by Gasteiger charge is 2.25. The molecule has 1 aliphatic carbocycles. The molecule has 1 unspecified atom stereocenters. The van der Waals surface area contributed by atoms with Gasteiger partial charge in [-0.3, -0.25) is 14.3 Å². The summed E-state index contributed by atoms with van der Waals surface area (Å²) in [4.78, 5) is 22.0. The number of halogens is 2. The Hall–Kier alpha value is -2.20. The molecule has 0 bridgehead atoms. The maximum Gasteiger partial charge on any atom is 0.262 e. The van der Waals surface area contributed by atoms with Crippen molar-refractivity contribution in [1.82, 2.24) is 19.8 Å². The number of aryl methyl sites for hydroxylation is 1. The van der Waals surface area contributed by atoms with E-state index in [1.165, 1.54) is 18.2 Å². The van der Waals surface area contributed by atoms with Gasteiger partial charge in [0.05, 0.1) is 24.9 Å². The van der Waals surface area contributed by atoms with Crippen molar-refractivity contribution in [3.63, 3.8) is 0 Å². The van der Waals surface area contributed by atoms with E-state index < -0.39 is 11.6 Å². The highest BCUT2D eigenvalue weighted by molar-refractivity contribution is 7.18. The monoisotopic (exact) mass is 460 g/mol. The third-order valence-electron chi connectivity index (χ3n) is 6.43. The van der Waals surface area contributed by atoms with Crippen LogP contribution < -0.4 is 10.9 Å². The molecule has 0 saturated carbocycles. The van der Waals surface area contributed by atoms with Crippen molar-refractivity contribution in [3.05, 3.63) is 62.5 Å². The summed E-state index contributed by atoms with van der Waals surface area (Å²) in [7, 11) is 0. The van der Waals surface area contributed by atoms with Crippen LogP contribution in [0.15, 0.2) is 29.3 Å². The minimum absolute atomic E-state index is 0.0283. The summed E-state index contributed by atoms with van der Waals surface area (Å²) in [5.41, 5.74) is 1.19. The minimum atomic E-state index is -0.530. The van der Waals surface area contributed by atoms with Crippen molar-refractivity contribution in [2.75, 3.05) is 32.8 Å². The van der Waals surface area contributed by atoms with Gasteiger partial charge >= 0.3 is 0 Å². The quantitative estimate of drug-likeness (QED) is 0.613. The van der Waals surface area contributed by atoms with Crippen molar-refractivity contribution in [1.29, 1.82) is 0 Å². The number of benzene rings is 1. The van der Waals surface area contributed by atoms with E-state index in [2.05, 4.69) is 15.2 Å². The summed E-state index contributed by atoms with van der Waals surface area (Å²) in [5.74, 6) is -1.06. The van der Waals surface area contributed by atoms with E-state index in [-0.39, 0.29) is 23.7 Å². The van der Waals surface area contributed by atoms with Crippen LogP contribution >= 0.6 is 11.3 Å². The van der Waals surface area contributed by atoms with Crippen LogP contribution in [0.25, 0.3) is 10.2 Å². The summed E-state index contributed by atoms with van der Waals surface area (Å²) in [5, 5.41) is 4.04. The van der Waals surface area contributed by atoms with Gasteiger partial charge in [-0.15, -0.1) is 11.3 Å². The first-order chi connectivity index (χ1) is 15.6. The first-order valence-corrected chi connectivity index (χ1v) is 11.9. The Bertz CT molecular complexity index is 1150. The second kappa shape index (κ2) is 9.35. The number of hydrogen-bond donors (Lipinski definition) is 1. The Morgan fingerprint density at radius 3 is 2.75 bits per heavy atom. The molecule has 3 aromatic rings. The van der Waals surface area contributed by atoms with Crippen LogP contribution in [0.3, 0.4) is 0 Å². The minimum Gasteiger partial charge on any atom is -0.379 e. The number of fused-ring (bicyclic) bond motifs is 3. The van der Waals surface area contributed by atoms with Crippen LogP contribution in [-0.2, 0) is 30.7 Å². The molecule has 0 radical (unpaired) electrons. The van der Waals surface area contributed by atoms with Crippen LogP contribution in [0.2, 0.25) is 0 Å². The fourth-order valence-electron chi connectivity index (χ4n) is 4.56.